The van der Waals surface area contributed by atoms with Gasteiger partial charge in [-0.25, -0.2) is 9.57 Å². The maximum Gasteiger partial charge on any atom is 0.258 e. The highest BCUT2D eigenvalue weighted by Gasteiger charge is 2.57. The number of rotatable bonds is 9. The average Bonchev–Trinajstić information content (AvgIpc) is 3.09. The first-order valence-electron chi connectivity index (χ1n) is 12.0. The van der Waals surface area contributed by atoms with Crippen molar-refractivity contribution in [2.24, 2.45) is 17.8 Å². The van der Waals surface area contributed by atoms with Gasteiger partial charge in [0.05, 0.1) is 17.8 Å². The summed E-state index contributed by atoms with van der Waals surface area (Å²) in [6, 6.07) is 0.0850. The van der Waals surface area contributed by atoms with Crippen molar-refractivity contribution in [3.05, 3.63) is 30.1 Å². The number of carbonyl (C=O) groups excluding carboxylic acids is 1. The Morgan fingerprint density at radius 2 is 2.00 bits per heavy atom. The largest absolute Gasteiger partial charge is 0.474 e. The second-order valence-corrected chi connectivity index (χ2v) is 11.2. The molecule has 2 atom stereocenters. The van der Waals surface area contributed by atoms with Gasteiger partial charge in [0.1, 0.15) is 11.2 Å². The van der Waals surface area contributed by atoms with Crippen molar-refractivity contribution in [1.82, 2.24) is 20.4 Å². The van der Waals surface area contributed by atoms with Crippen LogP contribution in [0.25, 0.3) is 6.20 Å². The maximum absolute atomic E-state index is 13.4. The lowest BCUT2D eigenvalue weighted by molar-refractivity contribution is -0.357. The molecule has 1 aromatic heterocycles. The van der Waals surface area contributed by atoms with Crippen molar-refractivity contribution in [3.63, 3.8) is 0 Å². The molecule has 4 saturated carbocycles. The SMILES string of the molecule is C=C(C)NC(C)(C)/C=C/n1ncc(C(=O)N[C@H]2C3CC4CC2C[C@](OO)(C4)C3)c1OC(C)C. The summed E-state index contributed by atoms with van der Waals surface area (Å²) in [5.41, 5.74) is 0.554. The molecule has 2 unspecified atom stereocenters. The van der Waals surface area contributed by atoms with E-state index in [2.05, 4.69) is 22.3 Å². The third-order valence-electron chi connectivity index (χ3n) is 7.22. The van der Waals surface area contributed by atoms with Crippen LogP contribution >= 0.6 is 0 Å². The zero-order chi connectivity index (χ0) is 24.0. The normalized spacial score (nSPS) is 30.8. The number of amides is 1. The highest BCUT2D eigenvalue weighted by molar-refractivity contribution is 5.96. The monoisotopic (exact) mass is 458 g/mol. The molecule has 0 radical (unpaired) electrons. The molecule has 33 heavy (non-hydrogen) atoms. The Kier molecular flexibility index (Phi) is 6.35. The molecule has 3 N–H and O–H groups in total. The molecule has 8 nitrogen and oxygen atoms in total. The van der Waals surface area contributed by atoms with E-state index in [0.29, 0.717) is 29.2 Å². The van der Waals surface area contributed by atoms with Gasteiger partial charge in [-0.05, 0) is 90.6 Å². The molecule has 0 saturated heterocycles. The number of ether oxygens (including phenoxy) is 1. The van der Waals surface area contributed by atoms with Gasteiger partial charge in [-0.1, -0.05) is 6.58 Å². The summed E-state index contributed by atoms with van der Waals surface area (Å²) in [5, 5.41) is 20.5. The molecule has 8 heteroatoms. The third kappa shape index (κ3) is 4.96. The molecule has 4 fully saturated rings. The maximum atomic E-state index is 13.4. The minimum absolute atomic E-state index is 0.0850. The van der Waals surface area contributed by atoms with Crippen LogP contribution in [0.4, 0.5) is 0 Å². The van der Waals surface area contributed by atoms with Gasteiger partial charge in [0.25, 0.3) is 5.91 Å². The predicted octanol–water partition coefficient (Wildman–Crippen LogP) is 4.21. The van der Waals surface area contributed by atoms with Gasteiger partial charge in [0.15, 0.2) is 0 Å². The summed E-state index contributed by atoms with van der Waals surface area (Å²) < 4.78 is 7.64. The first-order valence-corrected chi connectivity index (χ1v) is 12.0. The third-order valence-corrected chi connectivity index (χ3v) is 7.22. The lowest BCUT2D eigenvalue weighted by Gasteiger charge is -2.58. The molecule has 1 aromatic rings. The minimum atomic E-state index is -0.413. The second-order valence-electron chi connectivity index (χ2n) is 11.2. The van der Waals surface area contributed by atoms with E-state index in [4.69, 9.17) is 9.62 Å². The van der Waals surface area contributed by atoms with Crippen LogP contribution in [0.3, 0.4) is 0 Å². The molecule has 0 spiro atoms. The van der Waals surface area contributed by atoms with Crippen molar-refractivity contribution in [3.8, 4) is 5.88 Å². The minimum Gasteiger partial charge on any atom is -0.474 e. The summed E-state index contributed by atoms with van der Waals surface area (Å²) in [7, 11) is 0. The zero-order valence-corrected chi connectivity index (χ0v) is 20.4. The molecular weight excluding hydrogens is 420 g/mol. The van der Waals surface area contributed by atoms with E-state index >= 15 is 0 Å². The second kappa shape index (κ2) is 8.80. The number of hydrogen-bond donors (Lipinski definition) is 3. The fraction of sp³-hybridized carbons (Fsp3) is 0.680. The van der Waals surface area contributed by atoms with Crippen LogP contribution in [0.5, 0.6) is 5.88 Å². The van der Waals surface area contributed by atoms with Crippen LogP contribution in [0, 0.1) is 17.8 Å². The Bertz CT molecular complexity index is 919. The van der Waals surface area contributed by atoms with Gasteiger partial charge in [-0.15, -0.1) is 0 Å². The molecule has 1 heterocycles. The summed E-state index contributed by atoms with van der Waals surface area (Å²) in [6.45, 7) is 13.8. The lowest BCUT2D eigenvalue weighted by atomic mass is 9.52. The summed E-state index contributed by atoms with van der Waals surface area (Å²) in [5.74, 6) is 1.49. The van der Waals surface area contributed by atoms with E-state index in [1.807, 2.05) is 46.9 Å². The lowest BCUT2D eigenvalue weighted by Crippen LogP contribution is -2.62. The van der Waals surface area contributed by atoms with E-state index in [1.54, 1.807) is 10.9 Å². The van der Waals surface area contributed by atoms with Gasteiger partial charge in [0, 0.05) is 17.9 Å². The smallest absolute Gasteiger partial charge is 0.258 e. The summed E-state index contributed by atoms with van der Waals surface area (Å²) >= 11 is 0. The standard InChI is InChI=1S/C25H38N4O4/c1-15(2)28-24(5,6)7-8-29-23(32-16(3)4)20(14-26-29)22(30)27-21-18-9-17-10-19(21)13-25(11-17,12-18)33-31/h7-8,14,16-19,21,28,31H,1,9-13H2,2-6H3,(H,27,30)/b8-7+/t17?,18?,19?,21-,25-. The Morgan fingerprint density at radius 3 is 2.58 bits per heavy atom. The molecule has 4 bridgehead atoms. The summed E-state index contributed by atoms with van der Waals surface area (Å²) in [6.07, 6.45) is 9.93. The van der Waals surface area contributed by atoms with Crippen molar-refractivity contribution in [2.75, 3.05) is 0 Å². The number of allylic oxidation sites excluding steroid dienone is 1. The van der Waals surface area contributed by atoms with E-state index in [0.717, 1.165) is 37.8 Å². The topological polar surface area (TPSA) is 97.6 Å². The Hall–Kier alpha value is -2.32. The van der Waals surface area contributed by atoms with Crippen LogP contribution in [-0.2, 0) is 4.89 Å². The van der Waals surface area contributed by atoms with E-state index in [9.17, 15) is 10.1 Å². The molecule has 4 aliphatic carbocycles. The van der Waals surface area contributed by atoms with Gasteiger partial charge >= 0.3 is 0 Å². The number of hydrogen-bond acceptors (Lipinski definition) is 6. The van der Waals surface area contributed by atoms with E-state index in [-0.39, 0.29) is 23.6 Å². The molecule has 4 aliphatic rings. The average molecular weight is 459 g/mol. The van der Waals surface area contributed by atoms with Crippen molar-refractivity contribution in [2.45, 2.75) is 90.0 Å². The first kappa shape index (κ1) is 23.8. The van der Waals surface area contributed by atoms with E-state index < -0.39 is 5.60 Å². The Morgan fingerprint density at radius 1 is 1.33 bits per heavy atom. The fourth-order valence-electron chi connectivity index (χ4n) is 6.33. The van der Waals surface area contributed by atoms with Gasteiger partial charge in [-0.3, -0.25) is 10.1 Å². The quantitative estimate of drug-likeness (QED) is 0.379. The number of carbonyl (C=O) groups is 1. The number of nitrogens with zero attached hydrogens (tertiary/aromatic N) is 2. The molecule has 0 aliphatic heterocycles. The van der Waals surface area contributed by atoms with Gasteiger partial charge in [-0.2, -0.15) is 5.10 Å². The first-order chi connectivity index (χ1) is 15.5. The van der Waals surface area contributed by atoms with Crippen molar-refractivity contribution >= 4 is 12.1 Å². The molecular formula is C25H38N4O4. The van der Waals surface area contributed by atoms with Gasteiger partial charge < -0.3 is 15.4 Å². The van der Waals surface area contributed by atoms with Crippen LogP contribution in [-0.4, -0.2) is 44.2 Å². The molecule has 1 amide bonds. The van der Waals surface area contributed by atoms with Crippen LogP contribution in [0.2, 0.25) is 0 Å². The molecule has 5 rings (SSSR count). The Balaban J connectivity index is 1.53. The number of nitrogens with one attached hydrogen (secondary N) is 2. The highest BCUT2D eigenvalue weighted by Crippen LogP contribution is 2.57. The van der Waals surface area contributed by atoms with Crippen LogP contribution in [0.15, 0.2) is 24.5 Å². The fourth-order valence-corrected chi connectivity index (χ4v) is 6.33. The summed E-state index contributed by atoms with van der Waals surface area (Å²) in [4.78, 5) is 18.3. The molecule has 182 valence electrons. The van der Waals surface area contributed by atoms with Crippen LogP contribution < -0.4 is 15.4 Å². The number of aromatic nitrogens is 2. The van der Waals surface area contributed by atoms with Gasteiger partial charge in [0.2, 0.25) is 5.88 Å². The highest BCUT2D eigenvalue weighted by atomic mass is 17.1. The molecule has 0 aromatic carbocycles. The van der Waals surface area contributed by atoms with Crippen LogP contribution in [0.1, 0.15) is 77.1 Å². The zero-order valence-electron chi connectivity index (χ0n) is 20.4. The Labute approximate surface area is 196 Å². The van der Waals surface area contributed by atoms with Crippen molar-refractivity contribution in [1.29, 1.82) is 0 Å². The van der Waals surface area contributed by atoms with Crippen molar-refractivity contribution < 1.29 is 19.7 Å². The van der Waals surface area contributed by atoms with E-state index in [1.165, 1.54) is 0 Å². The predicted molar refractivity (Wildman–Crippen MR) is 127 cm³/mol.